The molecule has 1 saturated heterocycles. The molecule has 1 aromatic heterocycles. The van der Waals surface area contributed by atoms with E-state index in [9.17, 15) is 0 Å². The highest BCUT2D eigenvalue weighted by Crippen LogP contribution is 2.37. The van der Waals surface area contributed by atoms with Crippen LogP contribution in [0.2, 0.25) is 0 Å². The number of nitrogens with zero attached hydrogens (tertiary/aromatic N) is 3. The number of fused-ring (bicyclic) bond motifs is 1. The molecule has 3 aliphatic rings. The van der Waals surface area contributed by atoms with Gasteiger partial charge in [-0.05, 0) is 75.2 Å². The van der Waals surface area contributed by atoms with Crippen molar-refractivity contribution in [3.63, 3.8) is 0 Å². The van der Waals surface area contributed by atoms with Crippen molar-refractivity contribution >= 4 is 27.3 Å². The Morgan fingerprint density at radius 3 is 2.64 bits per heavy atom. The van der Waals surface area contributed by atoms with Gasteiger partial charge in [-0.2, -0.15) is 0 Å². The van der Waals surface area contributed by atoms with Crippen LogP contribution in [0.5, 0.6) is 0 Å². The molecule has 1 aliphatic carbocycles. The Morgan fingerprint density at radius 2 is 1.92 bits per heavy atom. The fourth-order valence-electron chi connectivity index (χ4n) is 4.31. The zero-order chi connectivity index (χ0) is 16.8. The van der Waals surface area contributed by atoms with Crippen LogP contribution in [0.4, 0.5) is 0 Å². The highest BCUT2D eigenvalue weighted by atomic mass is 32.1. The van der Waals surface area contributed by atoms with Gasteiger partial charge in [-0.3, -0.25) is 4.99 Å². The van der Waals surface area contributed by atoms with E-state index in [1.165, 1.54) is 71.7 Å². The van der Waals surface area contributed by atoms with Gasteiger partial charge in [-0.25, -0.2) is 4.98 Å². The number of benzene rings is 1. The SMILES string of the molecule is CC1CCC(c2ccc3sc(C4CCN(C5CC5)CC4)nc3c2)=NC1. The van der Waals surface area contributed by atoms with E-state index in [-0.39, 0.29) is 0 Å². The third-order valence-corrected chi connectivity index (χ3v) is 7.35. The van der Waals surface area contributed by atoms with E-state index in [2.05, 4.69) is 30.0 Å². The summed E-state index contributed by atoms with van der Waals surface area (Å²) in [4.78, 5) is 12.5. The van der Waals surface area contributed by atoms with E-state index in [1.54, 1.807) is 0 Å². The second-order valence-corrected chi connectivity index (χ2v) is 9.27. The largest absolute Gasteiger partial charge is 0.300 e. The molecule has 0 spiro atoms. The molecule has 3 heterocycles. The second kappa shape index (κ2) is 6.48. The Bertz CT molecular complexity index is 797. The van der Waals surface area contributed by atoms with Crippen molar-refractivity contribution < 1.29 is 0 Å². The van der Waals surface area contributed by atoms with Crippen LogP contribution >= 0.6 is 11.3 Å². The molecular formula is C21H27N3S. The van der Waals surface area contributed by atoms with Crippen molar-refractivity contribution in [2.24, 2.45) is 10.9 Å². The van der Waals surface area contributed by atoms with Crippen LogP contribution in [0.15, 0.2) is 23.2 Å². The number of hydrogen-bond acceptors (Lipinski definition) is 4. The third kappa shape index (κ3) is 3.26. The maximum atomic E-state index is 5.04. The minimum atomic E-state index is 0.670. The van der Waals surface area contributed by atoms with Gasteiger partial charge in [-0.1, -0.05) is 13.0 Å². The minimum Gasteiger partial charge on any atom is -0.300 e. The quantitative estimate of drug-likeness (QED) is 0.788. The monoisotopic (exact) mass is 353 g/mol. The van der Waals surface area contributed by atoms with Crippen LogP contribution < -0.4 is 0 Å². The van der Waals surface area contributed by atoms with Gasteiger partial charge in [0.1, 0.15) is 0 Å². The fourth-order valence-corrected chi connectivity index (χ4v) is 5.42. The van der Waals surface area contributed by atoms with Crippen LogP contribution in [-0.2, 0) is 0 Å². The van der Waals surface area contributed by atoms with Gasteiger partial charge in [0.15, 0.2) is 0 Å². The maximum absolute atomic E-state index is 5.04. The Balaban J connectivity index is 1.35. The Labute approximate surface area is 154 Å². The van der Waals surface area contributed by atoms with Gasteiger partial charge in [0, 0.05) is 24.2 Å². The van der Waals surface area contributed by atoms with E-state index >= 15 is 0 Å². The number of rotatable bonds is 3. The molecule has 2 aliphatic heterocycles. The van der Waals surface area contributed by atoms with Crippen molar-refractivity contribution in [3.05, 3.63) is 28.8 Å². The molecule has 1 aromatic carbocycles. The highest BCUT2D eigenvalue weighted by molar-refractivity contribution is 7.18. The van der Waals surface area contributed by atoms with Crippen molar-refractivity contribution in [2.75, 3.05) is 19.6 Å². The summed E-state index contributed by atoms with van der Waals surface area (Å²) in [6.07, 6.45) is 7.80. The number of aliphatic imine (C=N–C) groups is 1. The van der Waals surface area contributed by atoms with Gasteiger partial charge in [-0.15, -0.1) is 11.3 Å². The lowest BCUT2D eigenvalue weighted by molar-refractivity contribution is 0.203. The third-order valence-electron chi connectivity index (χ3n) is 6.15. The van der Waals surface area contributed by atoms with Crippen LogP contribution in [0, 0.1) is 5.92 Å². The average Bonchev–Trinajstić information content (AvgIpc) is 3.41. The number of hydrogen-bond donors (Lipinski definition) is 0. The first-order valence-electron chi connectivity index (χ1n) is 9.94. The predicted octanol–water partition coefficient (Wildman–Crippen LogP) is 4.86. The van der Waals surface area contributed by atoms with Gasteiger partial charge in [0.25, 0.3) is 0 Å². The van der Waals surface area contributed by atoms with E-state index in [0.29, 0.717) is 5.92 Å². The zero-order valence-electron chi connectivity index (χ0n) is 15.1. The van der Waals surface area contributed by atoms with E-state index in [1.807, 2.05) is 11.3 Å². The number of thiazole rings is 1. The van der Waals surface area contributed by atoms with Crippen LogP contribution in [0.25, 0.3) is 10.2 Å². The lowest BCUT2D eigenvalue weighted by Gasteiger charge is -2.30. The summed E-state index contributed by atoms with van der Waals surface area (Å²) in [7, 11) is 0. The van der Waals surface area contributed by atoms with E-state index < -0.39 is 0 Å². The molecule has 1 atom stereocenters. The molecule has 0 amide bonds. The van der Waals surface area contributed by atoms with Crippen molar-refractivity contribution in [2.45, 2.75) is 57.4 Å². The summed E-state index contributed by atoms with van der Waals surface area (Å²) in [6, 6.07) is 7.72. The minimum absolute atomic E-state index is 0.670. The molecule has 0 bridgehead atoms. The molecule has 3 nitrogen and oxygen atoms in total. The number of aromatic nitrogens is 1. The molecule has 5 rings (SSSR count). The van der Waals surface area contributed by atoms with E-state index in [0.717, 1.165) is 24.9 Å². The van der Waals surface area contributed by atoms with E-state index in [4.69, 9.17) is 9.98 Å². The van der Waals surface area contributed by atoms with Gasteiger partial charge < -0.3 is 4.90 Å². The Morgan fingerprint density at radius 1 is 1.08 bits per heavy atom. The standard InChI is InChI=1S/C21H27N3S/c1-14-2-6-18(22-13-14)16-3-7-20-19(12-16)23-21(25-20)15-8-10-24(11-9-15)17-4-5-17/h3,7,12,14-15,17H,2,4-6,8-11,13H2,1H3. The maximum Gasteiger partial charge on any atom is 0.0970 e. The lowest BCUT2D eigenvalue weighted by atomic mass is 9.96. The molecule has 25 heavy (non-hydrogen) atoms. The predicted molar refractivity (Wildman–Crippen MR) is 106 cm³/mol. The molecule has 0 radical (unpaired) electrons. The molecule has 2 fully saturated rings. The molecule has 132 valence electrons. The van der Waals surface area contributed by atoms with Gasteiger partial charge in [0.05, 0.1) is 15.2 Å². The Kier molecular flexibility index (Phi) is 4.13. The molecule has 1 unspecified atom stereocenters. The molecule has 0 N–H and O–H groups in total. The molecule has 2 aromatic rings. The number of piperidine rings is 1. The average molecular weight is 354 g/mol. The summed E-state index contributed by atoms with van der Waals surface area (Å²) in [5.74, 6) is 1.41. The highest BCUT2D eigenvalue weighted by Gasteiger charge is 2.32. The second-order valence-electron chi connectivity index (χ2n) is 8.21. The summed E-state index contributed by atoms with van der Waals surface area (Å²) < 4.78 is 1.34. The van der Waals surface area contributed by atoms with Gasteiger partial charge >= 0.3 is 0 Å². The molecular weight excluding hydrogens is 326 g/mol. The first-order chi connectivity index (χ1) is 12.3. The Hall–Kier alpha value is -1.26. The van der Waals surface area contributed by atoms with Crippen molar-refractivity contribution in [3.8, 4) is 0 Å². The van der Waals surface area contributed by atoms with Crippen LogP contribution in [0.1, 0.15) is 61.9 Å². The van der Waals surface area contributed by atoms with Crippen LogP contribution in [-0.4, -0.2) is 41.3 Å². The first-order valence-corrected chi connectivity index (χ1v) is 10.8. The van der Waals surface area contributed by atoms with Crippen molar-refractivity contribution in [1.29, 1.82) is 0 Å². The zero-order valence-corrected chi connectivity index (χ0v) is 15.9. The first kappa shape index (κ1) is 16.0. The van der Waals surface area contributed by atoms with Crippen molar-refractivity contribution in [1.82, 2.24) is 9.88 Å². The molecule has 4 heteroatoms. The summed E-state index contributed by atoms with van der Waals surface area (Å²) >= 11 is 1.92. The normalized spacial score (nSPS) is 26.1. The topological polar surface area (TPSA) is 28.5 Å². The summed E-state index contributed by atoms with van der Waals surface area (Å²) in [5, 5.41) is 1.36. The fraction of sp³-hybridized carbons (Fsp3) is 0.619. The summed E-state index contributed by atoms with van der Waals surface area (Å²) in [5.41, 5.74) is 3.76. The van der Waals surface area contributed by atoms with Crippen LogP contribution in [0.3, 0.4) is 0 Å². The lowest BCUT2D eigenvalue weighted by Crippen LogP contribution is -2.34. The van der Waals surface area contributed by atoms with Gasteiger partial charge in [0.2, 0.25) is 0 Å². The number of likely N-dealkylation sites (tertiary alicyclic amines) is 1. The smallest absolute Gasteiger partial charge is 0.0970 e. The molecule has 1 saturated carbocycles. The summed E-state index contributed by atoms with van der Waals surface area (Å²) in [6.45, 7) is 5.82.